The molecule has 2 aliphatic rings. The molecule has 1 aromatic carbocycles. The van der Waals surface area contributed by atoms with Crippen molar-refractivity contribution in [2.24, 2.45) is 5.92 Å². The Morgan fingerprint density at radius 3 is 2.83 bits per heavy atom. The number of hydrogen-bond donors (Lipinski definition) is 0. The highest BCUT2D eigenvalue weighted by Crippen LogP contribution is 2.29. The Balaban J connectivity index is 1.76. The summed E-state index contributed by atoms with van der Waals surface area (Å²) in [5, 5.41) is 0. The van der Waals surface area contributed by atoms with Crippen molar-refractivity contribution in [3.05, 3.63) is 29.3 Å². The second-order valence-corrected chi connectivity index (χ2v) is 6.83. The maximum absolute atomic E-state index is 12.9. The fourth-order valence-electron chi connectivity index (χ4n) is 3.83. The molecule has 5 nitrogen and oxygen atoms in total. The number of benzene rings is 1. The predicted molar refractivity (Wildman–Crippen MR) is 93.3 cm³/mol. The van der Waals surface area contributed by atoms with Crippen LogP contribution in [0.15, 0.2) is 18.2 Å². The molecule has 1 unspecified atom stereocenters. The van der Waals surface area contributed by atoms with Gasteiger partial charge in [0, 0.05) is 44.9 Å². The molecule has 0 bridgehead atoms. The third kappa shape index (κ3) is 3.46. The highest BCUT2D eigenvalue weighted by atomic mass is 16.5. The summed E-state index contributed by atoms with van der Waals surface area (Å²) < 4.78 is 5.29. The SMILES string of the molecule is COCC1CCCCN(C(=O)c2ccc3c(c2)CCN3C(C)=O)C1. The standard InChI is InChI=1S/C19H26N2O3/c1-14(22)21-10-8-16-11-17(6-7-18(16)21)19(23)20-9-4-3-5-15(12-20)13-24-2/h6-7,11,15H,3-5,8-10,12-13H2,1-2H3. The lowest BCUT2D eigenvalue weighted by molar-refractivity contribution is -0.116. The number of anilines is 1. The molecule has 0 N–H and O–H groups in total. The van der Waals surface area contributed by atoms with Crippen molar-refractivity contribution in [1.29, 1.82) is 0 Å². The zero-order valence-electron chi connectivity index (χ0n) is 14.6. The first kappa shape index (κ1) is 17.0. The van der Waals surface area contributed by atoms with E-state index in [1.165, 1.54) is 0 Å². The van der Waals surface area contributed by atoms with E-state index in [2.05, 4.69) is 0 Å². The number of fused-ring (bicyclic) bond motifs is 1. The smallest absolute Gasteiger partial charge is 0.253 e. The van der Waals surface area contributed by atoms with Gasteiger partial charge in [0.2, 0.25) is 5.91 Å². The second kappa shape index (κ2) is 7.34. The van der Waals surface area contributed by atoms with Gasteiger partial charge < -0.3 is 14.5 Å². The van der Waals surface area contributed by atoms with E-state index in [9.17, 15) is 9.59 Å². The molecule has 2 amide bonds. The number of hydrogen-bond acceptors (Lipinski definition) is 3. The highest BCUT2D eigenvalue weighted by molar-refractivity contribution is 5.97. The maximum atomic E-state index is 12.9. The van der Waals surface area contributed by atoms with Crippen LogP contribution in [0, 0.1) is 5.92 Å². The first-order valence-electron chi connectivity index (χ1n) is 8.79. The predicted octanol–water partition coefficient (Wildman–Crippen LogP) is 2.48. The van der Waals surface area contributed by atoms with Gasteiger partial charge in [0.1, 0.15) is 0 Å². The summed E-state index contributed by atoms with van der Waals surface area (Å²) in [7, 11) is 1.72. The summed E-state index contributed by atoms with van der Waals surface area (Å²) >= 11 is 0. The number of rotatable bonds is 3. The van der Waals surface area contributed by atoms with Crippen LogP contribution >= 0.6 is 0 Å². The van der Waals surface area contributed by atoms with Crippen LogP contribution < -0.4 is 4.90 Å². The van der Waals surface area contributed by atoms with Gasteiger partial charge in [0.15, 0.2) is 0 Å². The Bertz CT molecular complexity index is 629. The Labute approximate surface area is 143 Å². The molecule has 1 aromatic rings. The van der Waals surface area contributed by atoms with Crippen LogP contribution in [0.5, 0.6) is 0 Å². The second-order valence-electron chi connectivity index (χ2n) is 6.83. The van der Waals surface area contributed by atoms with Crippen molar-refractivity contribution >= 4 is 17.5 Å². The molecule has 0 spiro atoms. The first-order valence-corrected chi connectivity index (χ1v) is 8.79. The summed E-state index contributed by atoms with van der Waals surface area (Å²) in [4.78, 5) is 28.3. The molecule has 3 rings (SSSR count). The third-order valence-electron chi connectivity index (χ3n) is 5.06. The van der Waals surface area contributed by atoms with Crippen LogP contribution in [0.4, 0.5) is 5.69 Å². The van der Waals surface area contributed by atoms with Gasteiger partial charge in [-0.3, -0.25) is 9.59 Å². The average Bonchev–Trinajstić information content (AvgIpc) is 2.86. The van der Waals surface area contributed by atoms with E-state index in [1.807, 2.05) is 23.1 Å². The van der Waals surface area contributed by atoms with Crippen molar-refractivity contribution in [2.75, 3.05) is 38.3 Å². The summed E-state index contributed by atoms with van der Waals surface area (Å²) in [6, 6.07) is 5.75. The molecular formula is C19H26N2O3. The van der Waals surface area contributed by atoms with Crippen LogP contribution in [-0.2, 0) is 16.0 Å². The van der Waals surface area contributed by atoms with Crippen molar-refractivity contribution in [3.63, 3.8) is 0 Å². The number of likely N-dealkylation sites (tertiary alicyclic amines) is 1. The summed E-state index contributed by atoms with van der Waals surface area (Å²) in [6.07, 6.45) is 4.14. The average molecular weight is 330 g/mol. The Morgan fingerprint density at radius 1 is 1.25 bits per heavy atom. The van der Waals surface area contributed by atoms with E-state index >= 15 is 0 Å². The van der Waals surface area contributed by atoms with Gasteiger partial charge in [-0.1, -0.05) is 6.42 Å². The third-order valence-corrected chi connectivity index (χ3v) is 5.06. The van der Waals surface area contributed by atoms with E-state index in [-0.39, 0.29) is 11.8 Å². The largest absolute Gasteiger partial charge is 0.384 e. The maximum Gasteiger partial charge on any atom is 0.253 e. The van der Waals surface area contributed by atoms with E-state index in [0.717, 1.165) is 55.6 Å². The molecule has 0 aliphatic carbocycles. The molecule has 1 atom stereocenters. The van der Waals surface area contributed by atoms with Gasteiger partial charge >= 0.3 is 0 Å². The van der Waals surface area contributed by atoms with E-state index < -0.39 is 0 Å². The van der Waals surface area contributed by atoms with Crippen molar-refractivity contribution < 1.29 is 14.3 Å². The van der Waals surface area contributed by atoms with Gasteiger partial charge in [-0.15, -0.1) is 0 Å². The zero-order chi connectivity index (χ0) is 17.1. The van der Waals surface area contributed by atoms with E-state index in [4.69, 9.17) is 4.74 Å². The van der Waals surface area contributed by atoms with E-state index in [1.54, 1.807) is 18.9 Å². The number of amides is 2. The lowest BCUT2D eigenvalue weighted by atomic mass is 10.0. The molecule has 1 saturated heterocycles. The molecule has 0 saturated carbocycles. The van der Waals surface area contributed by atoms with Gasteiger partial charge in [0.25, 0.3) is 5.91 Å². The zero-order valence-corrected chi connectivity index (χ0v) is 14.6. The van der Waals surface area contributed by atoms with Gasteiger partial charge in [-0.25, -0.2) is 0 Å². The molecule has 24 heavy (non-hydrogen) atoms. The van der Waals surface area contributed by atoms with Crippen LogP contribution in [0.25, 0.3) is 0 Å². The molecule has 2 heterocycles. The minimum atomic E-state index is 0.0581. The molecule has 0 aromatic heterocycles. The van der Waals surface area contributed by atoms with Crippen molar-refractivity contribution in [2.45, 2.75) is 32.6 Å². The summed E-state index contributed by atoms with van der Waals surface area (Å²) in [5.74, 6) is 0.578. The Hall–Kier alpha value is -1.88. The van der Waals surface area contributed by atoms with Gasteiger partial charge in [-0.2, -0.15) is 0 Å². The number of carbonyl (C=O) groups excluding carboxylic acids is 2. The topological polar surface area (TPSA) is 49.9 Å². The summed E-state index contributed by atoms with van der Waals surface area (Å²) in [5.41, 5.74) is 2.78. The normalized spacial score (nSPS) is 20.7. The molecule has 0 radical (unpaired) electrons. The summed E-state index contributed by atoms with van der Waals surface area (Å²) in [6.45, 7) is 4.59. The quantitative estimate of drug-likeness (QED) is 0.855. The van der Waals surface area contributed by atoms with Crippen molar-refractivity contribution in [3.8, 4) is 0 Å². The van der Waals surface area contributed by atoms with Crippen LogP contribution in [-0.4, -0.2) is 50.1 Å². The van der Waals surface area contributed by atoms with E-state index in [0.29, 0.717) is 19.1 Å². The fourth-order valence-corrected chi connectivity index (χ4v) is 3.83. The number of methoxy groups -OCH3 is 1. The number of nitrogens with zero attached hydrogens (tertiary/aromatic N) is 2. The van der Waals surface area contributed by atoms with Crippen LogP contribution in [0.3, 0.4) is 0 Å². The molecular weight excluding hydrogens is 304 g/mol. The fraction of sp³-hybridized carbons (Fsp3) is 0.579. The lowest BCUT2D eigenvalue weighted by Crippen LogP contribution is -2.35. The molecule has 1 fully saturated rings. The first-order chi connectivity index (χ1) is 11.6. The Kier molecular flexibility index (Phi) is 5.19. The van der Waals surface area contributed by atoms with Crippen LogP contribution in [0.2, 0.25) is 0 Å². The lowest BCUT2D eigenvalue weighted by Gasteiger charge is -2.24. The van der Waals surface area contributed by atoms with Gasteiger partial charge in [0.05, 0.1) is 6.61 Å². The molecule has 2 aliphatic heterocycles. The van der Waals surface area contributed by atoms with Gasteiger partial charge in [-0.05, 0) is 48.9 Å². The molecule has 130 valence electrons. The number of carbonyl (C=O) groups is 2. The van der Waals surface area contributed by atoms with Crippen molar-refractivity contribution in [1.82, 2.24) is 4.90 Å². The minimum Gasteiger partial charge on any atom is -0.384 e. The minimum absolute atomic E-state index is 0.0581. The monoisotopic (exact) mass is 330 g/mol. The molecule has 5 heteroatoms. The Morgan fingerprint density at radius 2 is 2.08 bits per heavy atom. The van der Waals surface area contributed by atoms with Crippen LogP contribution in [0.1, 0.15) is 42.1 Å². The number of ether oxygens (including phenoxy) is 1. The highest BCUT2D eigenvalue weighted by Gasteiger charge is 2.26.